The van der Waals surface area contributed by atoms with Crippen molar-refractivity contribution in [2.24, 2.45) is 5.41 Å². The Morgan fingerprint density at radius 2 is 1.95 bits per heavy atom. The molecule has 1 aromatic carbocycles. The summed E-state index contributed by atoms with van der Waals surface area (Å²) in [6, 6.07) is 8.85. The Balaban J connectivity index is 2.26. The molecule has 2 nitrogen and oxygen atoms in total. The number of hydrogen-bond acceptors (Lipinski definition) is 2. The third-order valence-corrected chi connectivity index (χ3v) is 4.05. The van der Waals surface area contributed by atoms with Gasteiger partial charge in [-0.3, -0.25) is 0 Å². The highest BCUT2D eigenvalue weighted by atomic mass is 19.3. The summed E-state index contributed by atoms with van der Waals surface area (Å²) in [7, 11) is 0. The lowest BCUT2D eigenvalue weighted by molar-refractivity contribution is -0.109. The lowest BCUT2D eigenvalue weighted by atomic mass is 9.74. The highest BCUT2D eigenvalue weighted by Gasteiger charge is 2.52. The highest BCUT2D eigenvalue weighted by molar-refractivity contribution is 5.49. The Hall–Kier alpha value is -1.29. The van der Waals surface area contributed by atoms with E-state index in [0.717, 1.165) is 6.29 Å². The van der Waals surface area contributed by atoms with Crippen molar-refractivity contribution < 1.29 is 18.7 Å². The summed E-state index contributed by atoms with van der Waals surface area (Å²) in [5.41, 5.74) is -0.239. The maximum Gasteiger partial charge on any atom is 0.248 e. The number of aliphatic hydroxyl groups excluding tert-OH is 1. The zero-order chi connectivity index (χ0) is 13.9. The number of alkyl halides is 2. The maximum atomic E-state index is 13.5. The van der Waals surface area contributed by atoms with Gasteiger partial charge in [0, 0.05) is 24.7 Å². The number of carbonyl (C=O) groups is 1. The molecule has 4 heteroatoms. The zero-order valence-corrected chi connectivity index (χ0v) is 10.7. The summed E-state index contributed by atoms with van der Waals surface area (Å²) < 4.78 is 27.1. The summed E-state index contributed by atoms with van der Waals surface area (Å²) in [5, 5.41) is 10.5. The second kappa shape index (κ2) is 5.37. The zero-order valence-electron chi connectivity index (χ0n) is 10.7. The monoisotopic (exact) mass is 268 g/mol. The van der Waals surface area contributed by atoms with Crippen LogP contribution in [-0.4, -0.2) is 17.3 Å². The SMILES string of the molecule is O=CCCC1(C(O)c2ccccc2)CCC(F)(F)C1. The van der Waals surface area contributed by atoms with Gasteiger partial charge in [-0.2, -0.15) is 0 Å². The average molecular weight is 268 g/mol. The Morgan fingerprint density at radius 3 is 2.47 bits per heavy atom. The van der Waals surface area contributed by atoms with Gasteiger partial charge in [-0.15, -0.1) is 0 Å². The molecule has 0 bridgehead atoms. The van der Waals surface area contributed by atoms with Gasteiger partial charge < -0.3 is 9.90 Å². The minimum atomic E-state index is -2.74. The molecule has 0 amide bonds. The fourth-order valence-corrected chi connectivity index (χ4v) is 3.04. The molecule has 2 unspecified atom stereocenters. The molecule has 0 radical (unpaired) electrons. The molecule has 1 aliphatic rings. The molecule has 1 aliphatic carbocycles. The minimum Gasteiger partial charge on any atom is -0.388 e. The predicted octanol–water partition coefficient (Wildman–Crippen LogP) is 3.50. The normalized spacial score (nSPS) is 27.1. The van der Waals surface area contributed by atoms with E-state index in [1.165, 1.54) is 0 Å². The quantitative estimate of drug-likeness (QED) is 0.830. The molecule has 19 heavy (non-hydrogen) atoms. The Labute approximate surface area is 111 Å². The summed E-state index contributed by atoms with van der Waals surface area (Å²) >= 11 is 0. The lowest BCUT2D eigenvalue weighted by Crippen LogP contribution is -2.28. The van der Waals surface area contributed by atoms with E-state index in [4.69, 9.17) is 0 Å². The Kier molecular flexibility index (Phi) is 3.99. The summed E-state index contributed by atoms with van der Waals surface area (Å²) in [4.78, 5) is 10.6. The fourth-order valence-electron chi connectivity index (χ4n) is 3.04. The van der Waals surface area contributed by atoms with Gasteiger partial charge in [-0.05, 0) is 18.4 Å². The predicted molar refractivity (Wildman–Crippen MR) is 67.9 cm³/mol. The van der Waals surface area contributed by atoms with Gasteiger partial charge >= 0.3 is 0 Å². The number of carbonyl (C=O) groups excluding carboxylic acids is 1. The van der Waals surface area contributed by atoms with Gasteiger partial charge in [-0.1, -0.05) is 30.3 Å². The second-order valence-corrected chi connectivity index (χ2v) is 5.41. The van der Waals surface area contributed by atoms with Crippen molar-refractivity contribution in [3.63, 3.8) is 0 Å². The molecule has 1 aromatic rings. The van der Waals surface area contributed by atoms with Gasteiger partial charge in [0.1, 0.15) is 6.29 Å². The molecule has 0 aliphatic heterocycles. The third-order valence-electron chi connectivity index (χ3n) is 4.05. The third kappa shape index (κ3) is 3.00. The van der Waals surface area contributed by atoms with E-state index in [2.05, 4.69) is 0 Å². The number of aliphatic hydroxyl groups is 1. The number of hydrogen-bond donors (Lipinski definition) is 1. The molecule has 2 rings (SSSR count). The highest BCUT2D eigenvalue weighted by Crippen LogP contribution is 2.56. The Bertz CT molecular complexity index is 433. The summed E-state index contributed by atoms with van der Waals surface area (Å²) in [5.74, 6) is -2.74. The molecule has 104 valence electrons. The largest absolute Gasteiger partial charge is 0.388 e. The van der Waals surface area contributed by atoms with Crippen molar-refractivity contribution >= 4 is 6.29 Å². The fraction of sp³-hybridized carbons (Fsp3) is 0.533. The van der Waals surface area contributed by atoms with E-state index in [1.807, 2.05) is 6.07 Å². The van der Waals surface area contributed by atoms with Gasteiger partial charge in [0.2, 0.25) is 5.92 Å². The smallest absolute Gasteiger partial charge is 0.248 e. The van der Waals surface area contributed by atoms with E-state index in [-0.39, 0.29) is 25.7 Å². The first-order valence-electron chi connectivity index (χ1n) is 6.54. The van der Waals surface area contributed by atoms with E-state index >= 15 is 0 Å². The van der Waals surface area contributed by atoms with E-state index in [9.17, 15) is 18.7 Å². The molecule has 1 fully saturated rings. The lowest BCUT2D eigenvalue weighted by Gasteiger charge is -2.34. The molecule has 1 N–H and O–H groups in total. The van der Waals surface area contributed by atoms with Gasteiger partial charge in [0.25, 0.3) is 0 Å². The topological polar surface area (TPSA) is 37.3 Å². The summed E-state index contributed by atoms with van der Waals surface area (Å²) in [6.07, 6.45) is 0.00347. The first kappa shape index (κ1) is 14.1. The number of rotatable bonds is 5. The van der Waals surface area contributed by atoms with Crippen LogP contribution in [0.1, 0.15) is 43.8 Å². The maximum absolute atomic E-state index is 13.5. The number of aldehydes is 1. The molecular formula is C15H18F2O2. The van der Waals surface area contributed by atoms with Crippen molar-refractivity contribution in [3.05, 3.63) is 35.9 Å². The first-order valence-corrected chi connectivity index (χ1v) is 6.54. The number of benzene rings is 1. The van der Waals surface area contributed by atoms with Gasteiger partial charge in [0.05, 0.1) is 6.10 Å². The second-order valence-electron chi connectivity index (χ2n) is 5.41. The van der Waals surface area contributed by atoms with Crippen molar-refractivity contribution in [2.45, 2.75) is 44.1 Å². The van der Waals surface area contributed by atoms with Crippen molar-refractivity contribution in [1.82, 2.24) is 0 Å². The van der Waals surface area contributed by atoms with Crippen LogP contribution in [0.4, 0.5) is 8.78 Å². The molecule has 0 heterocycles. The van der Waals surface area contributed by atoms with Crippen LogP contribution in [-0.2, 0) is 4.79 Å². The van der Waals surface area contributed by atoms with Crippen LogP contribution in [0.2, 0.25) is 0 Å². The van der Waals surface area contributed by atoms with Crippen LogP contribution in [0, 0.1) is 5.41 Å². The molecule has 0 aromatic heterocycles. The van der Waals surface area contributed by atoms with Crippen LogP contribution in [0.3, 0.4) is 0 Å². The van der Waals surface area contributed by atoms with Crippen LogP contribution < -0.4 is 0 Å². The van der Waals surface area contributed by atoms with Gasteiger partial charge in [-0.25, -0.2) is 8.78 Å². The van der Waals surface area contributed by atoms with E-state index in [0.29, 0.717) is 12.0 Å². The van der Waals surface area contributed by atoms with Crippen LogP contribution >= 0.6 is 0 Å². The van der Waals surface area contributed by atoms with Crippen molar-refractivity contribution in [2.75, 3.05) is 0 Å². The molecular weight excluding hydrogens is 250 g/mol. The van der Waals surface area contributed by atoms with Crippen molar-refractivity contribution in [1.29, 1.82) is 0 Å². The van der Waals surface area contributed by atoms with Gasteiger partial charge in [0.15, 0.2) is 0 Å². The van der Waals surface area contributed by atoms with Crippen LogP contribution in [0.5, 0.6) is 0 Å². The number of halogens is 2. The van der Waals surface area contributed by atoms with Crippen molar-refractivity contribution in [3.8, 4) is 0 Å². The molecule has 2 atom stereocenters. The van der Waals surface area contributed by atoms with Crippen LogP contribution in [0.15, 0.2) is 30.3 Å². The first-order chi connectivity index (χ1) is 8.99. The molecule has 1 saturated carbocycles. The van der Waals surface area contributed by atoms with E-state index in [1.54, 1.807) is 24.3 Å². The minimum absolute atomic E-state index is 0.208. The van der Waals surface area contributed by atoms with Crippen LogP contribution in [0.25, 0.3) is 0 Å². The Morgan fingerprint density at radius 1 is 1.26 bits per heavy atom. The molecule has 0 spiro atoms. The molecule has 0 saturated heterocycles. The summed E-state index contributed by atoms with van der Waals surface area (Å²) in [6.45, 7) is 0. The van der Waals surface area contributed by atoms with E-state index < -0.39 is 17.4 Å². The average Bonchev–Trinajstić information content (AvgIpc) is 2.73. The standard InChI is InChI=1S/C15H18F2O2/c16-15(17)9-8-14(11-15,7-4-10-18)13(19)12-5-2-1-3-6-12/h1-3,5-6,10,13,19H,4,7-9,11H2.